The van der Waals surface area contributed by atoms with Crippen LogP contribution in [-0.4, -0.2) is 44.0 Å². The van der Waals surface area contributed by atoms with Crippen molar-refractivity contribution in [3.8, 4) is 0 Å². The first-order valence-corrected chi connectivity index (χ1v) is 9.70. The summed E-state index contributed by atoms with van der Waals surface area (Å²) in [4.78, 5) is 49.2. The summed E-state index contributed by atoms with van der Waals surface area (Å²) >= 11 is 0. The van der Waals surface area contributed by atoms with Crippen molar-refractivity contribution in [2.45, 2.75) is 12.8 Å². The van der Waals surface area contributed by atoms with E-state index in [1.807, 2.05) is 0 Å². The molecule has 0 saturated carbocycles. The van der Waals surface area contributed by atoms with Gasteiger partial charge in [0.2, 0.25) is 5.91 Å². The highest BCUT2D eigenvalue weighted by Crippen LogP contribution is 2.29. The number of methoxy groups -OCH3 is 1. The summed E-state index contributed by atoms with van der Waals surface area (Å²) < 4.78 is 9.60. The van der Waals surface area contributed by atoms with E-state index in [4.69, 9.17) is 4.74 Å². The third-order valence-electron chi connectivity index (χ3n) is 4.63. The number of benzene rings is 2. The Labute approximate surface area is 179 Å². The molecule has 2 aromatic rings. The number of carbonyl (C=O) groups is 4. The number of hydrogen-bond acceptors (Lipinski definition) is 6. The van der Waals surface area contributed by atoms with E-state index in [9.17, 15) is 19.2 Å². The van der Waals surface area contributed by atoms with Crippen molar-refractivity contribution in [1.29, 1.82) is 0 Å². The second-order valence-electron chi connectivity index (χ2n) is 6.77. The average molecular weight is 422 g/mol. The van der Waals surface area contributed by atoms with E-state index in [-0.39, 0.29) is 5.91 Å². The van der Waals surface area contributed by atoms with Gasteiger partial charge in [0.1, 0.15) is 0 Å². The molecule has 0 unspecified atom stereocenters. The number of carbonyl (C=O) groups excluding carboxylic acids is 4. The number of para-hydroxylation sites is 2. The minimum atomic E-state index is -0.685. The Bertz CT molecular complexity index is 1010. The van der Waals surface area contributed by atoms with Crippen LogP contribution in [-0.2, 0) is 23.9 Å². The van der Waals surface area contributed by atoms with Crippen LogP contribution in [0, 0.1) is 0 Å². The van der Waals surface area contributed by atoms with Crippen molar-refractivity contribution in [3.05, 3.63) is 65.7 Å². The highest BCUT2D eigenvalue weighted by atomic mass is 16.5. The lowest BCUT2D eigenvalue weighted by Crippen LogP contribution is -2.26. The number of anilines is 2. The minimum Gasteiger partial charge on any atom is -0.465 e. The number of rotatable bonds is 7. The topological polar surface area (TPSA) is 102 Å². The van der Waals surface area contributed by atoms with Gasteiger partial charge in [0.25, 0.3) is 5.91 Å². The van der Waals surface area contributed by atoms with E-state index in [1.165, 1.54) is 19.3 Å². The molecule has 1 N–H and O–H groups in total. The van der Waals surface area contributed by atoms with Crippen LogP contribution in [0.15, 0.2) is 54.6 Å². The van der Waals surface area contributed by atoms with Gasteiger partial charge >= 0.3 is 11.9 Å². The molecule has 8 heteroatoms. The second-order valence-corrected chi connectivity index (χ2v) is 6.77. The number of esters is 2. The first kappa shape index (κ1) is 21.8. The van der Waals surface area contributed by atoms with Crippen LogP contribution in [0.1, 0.15) is 28.8 Å². The number of ether oxygens (including phenoxy) is 2. The van der Waals surface area contributed by atoms with Gasteiger partial charge in [0.15, 0.2) is 6.61 Å². The fourth-order valence-electron chi connectivity index (χ4n) is 3.10. The number of hydrogen-bond donors (Lipinski definition) is 1. The van der Waals surface area contributed by atoms with Crippen LogP contribution in [0.2, 0.25) is 0 Å². The summed E-state index contributed by atoms with van der Waals surface area (Å²) in [5, 5.41) is 2.68. The van der Waals surface area contributed by atoms with Gasteiger partial charge in [0, 0.05) is 19.0 Å². The molecular weight excluding hydrogens is 400 g/mol. The van der Waals surface area contributed by atoms with Gasteiger partial charge < -0.3 is 19.7 Å². The van der Waals surface area contributed by atoms with E-state index in [0.29, 0.717) is 35.5 Å². The number of nitrogens with zero attached hydrogens (tertiary/aromatic N) is 1. The molecule has 1 fully saturated rings. The molecular formula is C23H22N2O6. The quantitative estimate of drug-likeness (QED) is 0.544. The van der Waals surface area contributed by atoms with Crippen LogP contribution >= 0.6 is 0 Å². The lowest BCUT2D eigenvalue weighted by atomic mass is 10.1. The van der Waals surface area contributed by atoms with Gasteiger partial charge in [-0.2, -0.15) is 0 Å². The molecule has 0 radical (unpaired) electrons. The first-order valence-electron chi connectivity index (χ1n) is 9.70. The monoisotopic (exact) mass is 422 g/mol. The highest BCUT2D eigenvalue weighted by Gasteiger charge is 2.24. The largest absolute Gasteiger partial charge is 0.465 e. The van der Waals surface area contributed by atoms with Gasteiger partial charge in [-0.15, -0.1) is 0 Å². The smallest absolute Gasteiger partial charge is 0.337 e. The molecule has 2 aromatic carbocycles. The predicted octanol–water partition coefficient (Wildman–Crippen LogP) is 2.80. The summed E-state index contributed by atoms with van der Waals surface area (Å²) in [6.45, 7) is 0.138. The van der Waals surface area contributed by atoms with Crippen LogP contribution in [0.4, 0.5) is 11.4 Å². The van der Waals surface area contributed by atoms with E-state index in [1.54, 1.807) is 53.4 Å². The fraction of sp³-hybridized carbons (Fsp3) is 0.217. The Morgan fingerprint density at radius 2 is 1.84 bits per heavy atom. The second kappa shape index (κ2) is 10.2. The van der Waals surface area contributed by atoms with Crippen LogP contribution in [0.5, 0.6) is 0 Å². The van der Waals surface area contributed by atoms with E-state index in [0.717, 1.165) is 6.42 Å². The first-order chi connectivity index (χ1) is 15.0. The van der Waals surface area contributed by atoms with Gasteiger partial charge in [-0.25, -0.2) is 9.59 Å². The normalized spacial score (nSPS) is 13.3. The molecule has 31 heavy (non-hydrogen) atoms. The fourth-order valence-corrected chi connectivity index (χ4v) is 3.10. The molecule has 3 rings (SSSR count). The zero-order valence-corrected chi connectivity index (χ0v) is 17.0. The zero-order valence-electron chi connectivity index (χ0n) is 17.0. The lowest BCUT2D eigenvalue weighted by Gasteiger charge is -2.19. The molecule has 0 aromatic heterocycles. The molecule has 2 amide bonds. The average Bonchev–Trinajstić information content (AvgIpc) is 3.22. The SMILES string of the molecule is COC(=O)c1ccc(/C=C/C(=O)OCC(=O)Nc2ccccc2N2CCCC2=O)cc1. The molecule has 0 atom stereocenters. The summed E-state index contributed by atoms with van der Waals surface area (Å²) in [5.41, 5.74) is 2.19. The number of nitrogens with one attached hydrogen (secondary N) is 1. The van der Waals surface area contributed by atoms with Gasteiger partial charge in [0.05, 0.1) is 24.0 Å². The molecule has 8 nitrogen and oxygen atoms in total. The summed E-state index contributed by atoms with van der Waals surface area (Å²) in [6.07, 6.45) is 3.96. The molecule has 1 heterocycles. The maximum Gasteiger partial charge on any atom is 0.337 e. The third-order valence-corrected chi connectivity index (χ3v) is 4.63. The van der Waals surface area contributed by atoms with E-state index in [2.05, 4.69) is 10.1 Å². The van der Waals surface area contributed by atoms with E-state index >= 15 is 0 Å². The van der Waals surface area contributed by atoms with E-state index < -0.39 is 24.5 Å². The van der Waals surface area contributed by atoms with Crippen molar-refractivity contribution < 1.29 is 28.7 Å². The van der Waals surface area contributed by atoms with Gasteiger partial charge in [-0.1, -0.05) is 24.3 Å². The molecule has 0 aliphatic carbocycles. The Balaban J connectivity index is 1.52. The standard InChI is InChI=1S/C23H22N2O6/c1-30-23(29)17-11-8-16(9-12-17)10-13-22(28)31-15-20(26)24-18-5-2-3-6-19(18)25-14-4-7-21(25)27/h2-3,5-6,8-13H,4,7,14-15H2,1H3,(H,24,26)/b13-10+. The minimum absolute atomic E-state index is 0.0119. The molecule has 1 aliphatic rings. The van der Waals surface area contributed by atoms with Crippen LogP contribution < -0.4 is 10.2 Å². The molecule has 0 bridgehead atoms. The number of amides is 2. The lowest BCUT2D eigenvalue weighted by molar-refractivity contribution is -0.142. The Kier molecular flexibility index (Phi) is 7.16. The molecule has 1 saturated heterocycles. The van der Waals surface area contributed by atoms with Gasteiger partial charge in [-0.3, -0.25) is 9.59 Å². The Hall–Kier alpha value is -3.94. The Morgan fingerprint density at radius 1 is 1.10 bits per heavy atom. The maximum absolute atomic E-state index is 12.2. The summed E-state index contributed by atoms with van der Waals surface area (Å²) in [6, 6.07) is 13.5. The molecule has 1 aliphatic heterocycles. The van der Waals surface area contributed by atoms with Crippen molar-refractivity contribution in [2.24, 2.45) is 0 Å². The van der Waals surface area contributed by atoms with Crippen LogP contribution in [0.25, 0.3) is 6.08 Å². The predicted molar refractivity (Wildman–Crippen MR) is 114 cm³/mol. The van der Waals surface area contributed by atoms with Crippen LogP contribution in [0.3, 0.4) is 0 Å². The summed E-state index contributed by atoms with van der Waals surface area (Å²) in [7, 11) is 1.30. The Morgan fingerprint density at radius 3 is 2.52 bits per heavy atom. The maximum atomic E-state index is 12.2. The molecule has 160 valence electrons. The molecule has 0 spiro atoms. The zero-order chi connectivity index (χ0) is 22.2. The van der Waals surface area contributed by atoms with Gasteiger partial charge in [-0.05, 0) is 42.3 Å². The van der Waals surface area contributed by atoms with Crippen molar-refractivity contribution in [1.82, 2.24) is 0 Å². The highest BCUT2D eigenvalue weighted by molar-refractivity contribution is 6.02. The van der Waals surface area contributed by atoms with Crippen molar-refractivity contribution in [2.75, 3.05) is 30.5 Å². The van der Waals surface area contributed by atoms with Crippen molar-refractivity contribution in [3.63, 3.8) is 0 Å². The summed E-state index contributed by atoms with van der Waals surface area (Å²) in [5.74, 6) is -1.63. The van der Waals surface area contributed by atoms with Crippen molar-refractivity contribution >= 4 is 41.2 Å². The third kappa shape index (κ3) is 5.79.